The van der Waals surface area contributed by atoms with Crippen molar-refractivity contribution in [2.24, 2.45) is 11.3 Å². The van der Waals surface area contributed by atoms with Gasteiger partial charge in [-0.15, -0.1) is 0 Å². The summed E-state index contributed by atoms with van der Waals surface area (Å²) in [4.78, 5) is 0. The minimum atomic E-state index is -3.89. The van der Waals surface area contributed by atoms with Gasteiger partial charge in [-0.1, -0.05) is 13.8 Å². The molecule has 0 radical (unpaired) electrons. The van der Waals surface area contributed by atoms with E-state index in [1.54, 1.807) is 0 Å². The normalized spacial score (nSPS) is 24.9. The fourth-order valence-corrected chi connectivity index (χ4v) is 3.12. The summed E-state index contributed by atoms with van der Waals surface area (Å²) in [7, 11) is -3.89. The van der Waals surface area contributed by atoms with E-state index in [0.29, 0.717) is 6.61 Å². The summed E-state index contributed by atoms with van der Waals surface area (Å²) in [6, 6.07) is 0. The van der Waals surface area contributed by atoms with Gasteiger partial charge in [0.2, 0.25) is 0 Å². The monoisotopic (exact) mass is 222 g/mol. The van der Waals surface area contributed by atoms with Crippen LogP contribution in [0.4, 0.5) is 0 Å². The van der Waals surface area contributed by atoms with Crippen LogP contribution in [0.25, 0.3) is 0 Å². The van der Waals surface area contributed by atoms with E-state index in [0.717, 1.165) is 19.4 Å². The maximum Gasteiger partial charge on any atom is 0.265 e. The zero-order chi connectivity index (χ0) is 10.8. The van der Waals surface area contributed by atoms with Crippen LogP contribution in [0.5, 0.6) is 0 Å². The van der Waals surface area contributed by atoms with Gasteiger partial charge in [0, 0.05) is 13.2 Å². The lowest BCUT2D eigenvalue weighted by Gasteiger charge is -2.35. The fourth-order valence-electron chi connectivity index (χ4n) is 1.95. The Kier molecular flexibility index (Phi) is 3.55. The van der Waals surface area contributed by atoms with E-state index in [1.807, 2.05) is 13.8 Å². The third kappa shape index (κ3) is 3.55. The van der Waals surface area contributed by atoms with E-state index in [9.17, 15) is 8.42 Å². The molecule has 1 unspecified atom stereocenters. The van der Waals surface area contributed by atoms with Gasteiger partial charge in [0.1, 0.15) is 0 Å². The number of hydrogen-bond donors (Lipinski definition) is 1. The molecule has 5 heteroatoms. The van der Waals surface area contributed by atoms with Crippen LogP contribution >= 0.6 is 0 Å². The lowest BCUT2D eigenvalue weighted by atomic mass is 9.77. The molecule has 1 fully saturated rings. The molecule has 0 aromatic heterocycles. The Morgan fingerprint density at radius 1 is 1.50 bits per heavy atom. The summed E-state index contributed by atoms with van der Waals surface area (Å²) >= 11 is 0. The van der Waals surface area contributed by atoms with Crippen LogP contribution in [-0.4, -0.2) is 31.9 Å². The number of hydrogen-bond acceptors (Lipinski definition) is 3. The molecule has 1 heterocycles. The van der Waals surface area contributed by atoms with Crippen LogP contribution in [0.2, 0.25) is 0 Å². The van der Waals surface area contributed by atoms with Crippen molar-refractivity contribution in [3.63, 3.8) is 0 Å². The molecule has 0 bridgehead atoms. The molecule has 1 rings (SSSR count). The quantitative estimate of drug-likeness (QED) is 0.732. The van der Waals surface area contributed by atoms with Gasteiger partial charge < -0.3 is 4.74 Å². The standard InChI is InChI=1S/C9H18O4S/c1-9(2,7-14(10,11)12)8-4-3-5-13-6-8/h8H,3-7H2,1-2H3,(H,10,11,12). The summed E-state index contributed by atoms with van der Waals surface area (Å²) in [6.07, 6.45) is 1.95. The van der Waals surface area contributed by atoms with Crippen molar-refractivity contribution >= 4 is 10.1 Å². The molecule has 0 saturated carbocycles. The van der Waals surface area contributed by atoms with Crippen molar-refractivity contribution in [1.82, 2.24) is 0 Å². The molecule has 1 saturated heterocycles. The molecule has 1 aliphatic rings. The predicted octanol–water partition coefficient (Wildman–Crippen LogP) is 1.33. The average molecular weight is 222 g/mol. The SMILES string of the molecule is CC(C)(CS(=O)(=O)O)C1CCCOC1. The molecule has 1 aliphatic heterocycles. The average Bonchev–Trinajstić information content (AvgIpc) is 2.01. The van der Waals surface area contributed by atoms with Crippen LogP contribution in [0, 0.1) is 11.3 Å². The molecule has 1 N–H and O–H groups in total. The van der Waals surface area contributed by atoms with E-state index >= 15 is 0 Å². The van der Waals surface area contributed by atoms with Crippen molar-refractivity contribution in [3.8, 4) is 0 Å². The Bertz CT molecular complexity index is 275. The largest absolute Gasteiger partial charge is 0.381 e. The molecule has 84 valence electrons. The molecule has 0 aromatic rings. The summed E-state index contributed by atoms with van der Waals surface area (Å²) in [5, 5.41) is 0. The van der Waals surface area contributed by atoms with Crippen LogP contribution in [0.3, 0.4) is 0 Å². The summed E-state index contributed by atoms with van der Waals surface area (Å²) in [5.41, 5.74) is -0.409. The second-order valence-corrected chi connectivity index (χ2v) is 6.08. The Labute approximate surface area is 85.4 Å². The number of rotatable bonds is 3. The van der Waals surface area contributed by atoms with Crippen LogP contribution in [-0.2, 0) is 14.9 Å². The smallest absolute Gasteiger partial charge is 0.265 e. The lowest BCUT2D eigenvalue weighted by Crippen LogP contribution is -2.36. The van der Waals surface area contributed by atoms with E-state index < -0.39 is 15.5 Å². The molecular formula is C9H18O4S. The third-order valence-corrected chi connectivity index (χ3v) is 3.93. The highest BCUT2D eigenvalue weighted by molar-refractivity contribution is 7.85. The predicted molar refractivity (Wildman–Crippen MR) is 53.7 cm³/mol. The number of ether oxygens (including phenoxy) is 1. The molecule has 0 spiro atoms. The first-order valence-corrected chi connectivity index (χ1v) is 6.45. The first-order valence-electron chi connectivity index (χ1n) is 4.84. The van der Waals surface area contributed by atoms with Gasteiger partial charge in [0.15, 0.2) is 0 Å². The van der Waals surface area contributed by atoms with E-state index in [1.165, 1.54) is 0 Å². The first-order chi connectivity index (χ1) is 6.31. The lowest BCUT2D eigenvalue weighted by molar-refractivity contribution is 0.0109. The zero-order valence-electron chi connectivity index (χ0n) is 8.69. The highest BCUT2D eigenvalue weighted by Crippen LogP contribution is 2.34. The second kappa shape index (κ2) is 4.16. The molecular weight excluding hydrogens is 204 g/mol. The van der Waals surface area contributed by atoms with Crippen LogP contribution in [0.15, 0.2) is 0 Å². The van der Waals surface area contributed by atoms with Gasteiger partial charge in [-0.25, -0.2) is 0 Å². The fraction of sp³-hybridized carbons (Fsp3) is 1.00. The minimum absolute atomic E-state index is 0.186. The van der Waals surface area contributed by atoms with Crippen molar-refractivity contribution in [3.05, 3.63) is 0 Å². The second-order valence-electron chi connectivity index (χ2n) is 4.63. The van der Waals surface area contributed by atoms with Crippen molar-refractivity contribution in [2.75, 3.05) is 19.0 Å². The van der Waals surface area contributed by atoms with Gasteiger partial charge >= 0.3 is 0 Å². The molecule has 4 nitrogen and oxygen atoms in total. The maximum atomic E-state index is 10.8. The van der Waals surface area contributed by atoms with Gasteiger partial charge in [-0.2, -0.15) is 8.42 Å². The Balaban J connectivity index is 2.63. The van der Waals surface area contributed by atoms with Crippen molar-refractivity contribution in [2.45, 2.75) is 26.7 Å². The third-order valence-electron chi connectivity index (χ3n) is 2.82. The maximum absolute atomic E-state index is 10.8. The van der Waals surface area contributed by atoms with Gasteiger partial charge in [-0.3, -0.25) is 4.55 Å². The topological polar surface area (TPSA) is 63.6 Å². The van der Waals surface area contributed by atoms with Gasteiger partial charge in [0.05, 0.1) is 5.75 Å². The highest BCUT2D eigenvalue weighted by Gasteiger charge is 2.34. The van der Waals surface area contributed by atoms with E-state index in [4.69, 9.17) is 9.29 Å². The summed E-state index contributed by atoms with van der Waals surface area (Å²) in [5.74, 6) is 0.0341. The van der Waals surface area contributed by atoms with E-state index in [2.05, 4.69) is 0 Å². The summed E-state index contributed by atoms with van der Waals surface area (Å²) < 4.78 is 35.7. The van der Waals surface area contributed by atoms with Crippen molar-refractivity contribution in [1.29, 1.82) is 0 Å². The minimum Gasteiger partial charge on any atom is -0.381 e. The summed E-state index contributed by atoms with van der Waals surface area (Å²) in [6.45, 7) is 5.08. The first kappa shape index (κ1) is 11.9. The van der Waals surface area contributed by atoms with Crippen LogP contribution in [0.1, 0.15) is 26.7 Å². The highest BCUT2D eigenvalue weighted by atomic mass is 32.2. The Hall–Kier alpha value is -0.130. The van der Waals surface area contributed by atoms with Gasteiger partial charge in [-0.05, 0) is 24.2 Å². The molecule has 0 aromatic carbocycles. The zero-order valence-corrected chi connectivity index (χ0v) is 9.51. The molecule has 0 amide bonds. The van der Waals surface area contributed by atoms with E-state index in [-0.39, 0.29) is 11.7 Å². The Morgan fingerprint density at radius 2 is 2.14 bits per heavy atom. The molecule has 14 heavy (non-hydrogen) atoms. The van der Waals surface area contributed by atoms with Crippen LogP contribution < -0.4 is 0 Å². The van der Waals surface area contributed by atoms with Crippen molar-refractivity contribution < 1.29 is 17.7 Å². The molecule has 1 atom stereocenters. The Morgan fingerprint density at radius 3 is 2.57 bits per heavy atom. The van der Waals surface area contributed by atoms with Gasteiger partial charge in [0.25, 0.3) is 10.1 Å². The molecule has 0 aliphatic carbocycles.